The summed E-state index contributed by atoms with van der Waals surface area (Å²) in [4.78, 5) is 6.59. The fraction of sp³-hybridized carbons (Fsp3) is 0.389. The van der Waals surface area contributed by atoms with Gasteiger partial charge < -0.3 is 14.1 Å². The van der Waals surface area contributed by atoms with Crippen LogP contribution in [0.1, 0.15) is 12.8 Å². The lowest BCUT2D eigenvalue weighted by molar-refractivity contribution is 0.121. The first-order valence-corrected chi connectivity index (χ1v) is 10.2. The van der Waals surface area contributed by atoms with Gasteiger partial charge in [-0.15, -0.1) is 10.2 Å². The van der Waals surface area contributed by atoms with E-state index in [1.54, 1.807) is 18.0 Å². The Kier molecular flexibility index (Phi) is 5.66. The monoisotopic (exact) mass is 405 g/mol. The average Bonchev–Trinajstić information content (AvgIpc) is 3.34. The zero-order chi connectivity index (χ0) is 18.6. The molecule has 4 rings (SSSR count). The summed E-state index contributed by atoms with van der Waals surface area (Å²) in [5.74, 6) is 2.88. The first-order chi connectivity index (χ1) is 13.2. The highest BCUT2D eigenvalue weighted by molar-refractivity contribution is 7.98. The molecule has 0 N–H and O–H groups in total. The second-order valence-electron chi connectivity index (χ2n) is 6.04. The third-order valence-electron chi connectivity index (χ3n) is 4.31. The molecule has 0 aliphatic carbocycles. The quantitative estimate of drug-likeness (QED) is 0.578. The smallest absolute Gasteiger partial charge is 0.228 e. The lowest BCUT2D eigenvalue weighted by Crippen LogP contribution is -2.38. The summed E-state index contributed by atoms with van der Waals surface area (Å²) in [6, 6.07) is 7.51. The van der Waals surface area contributed by atoms with Gasteiger partial charge in [0.1, 0.15) is 0 Å². The van der Waals surface area contributed by atoms with Crippen LogP contribution in [0, 0.1) is 0 Å². The van der Waals surface area contributed by atoms with Crippen molar-refractivity contribution in [3.63, 3.8) is 0 Å². The van der Waals surface area contributed by atoms with E-state index in [0.717, 1.165) is 55.3 Å². The van der Waals surface area contributed by atoms with Crippen molar-refractivity contribution < 1.29 is 9.15 Å². The van der Waals surface area contributed by atoms with E-state index in [2.05, 4.69) is 31.6 Å². The van der Waals surface area contributed by atoms with Crippen LogP contribution in [-0.2, 0) is 17.0 Å². The van der Waals surface area contributed by atoms with Gasteiger partial charge in [-0.25, -0.2) is 4.98 Å². The number of nitrogens with zero attached hydrogens (tertiary/aromatic N) is 5. The van der Waals surface area contributed by atoms with Crippen molar-refractivity contribution in [1.29, 1.82) is 0 Å². The Labute approximate surface area is 166 Å². The van der Waals surface area contributed by atoms with Gasteiger partial charge >= 0.3 is 0 Å². The zero-order valence-electron chi connectivity index (χ0n) is 15.0. The third kappa shape index (κ3) is 4.12. The number of rotatable bonds is 6. The number of morpholine rings is 1. The molecule has 0 amide bonds. The van der Waals surface area contributed by atoms with Crippen LogP contribution in [-0.4, -0.2) is 46.1 Å². The average molecular weight is 406 g/mol. The summed E-state index contributed by atoms with van der Waals surface area (Å²) in [6.45, 7) is 6.04. The highest BCUT2D eigenvalue weighted by Gasteiger charge is 2.20. The van der Waals surface area contributed by atoms with Crippen molar-refractivity contribution in [2.45, 2.75) is 24.4 Å². The summed E-state index contributed by atoms with van der Waals surface area (Å²) in [5.41, 5.74) is 0.953. The van der Waals surface area contributed by atoms with E-state index in [4.69, 9.17) is 20.8 Å². The number of thioether (sulfide) groups is 1. The van der Waals surface area contributed by atoms with Crippen LogP contribution in [0.2, 0.25) is 5.02 Å². The standard InChI is InChI=1S/C18H20ClN5O2S/c1-2-24-17(23-7-9-25-10-8-23)21-22-18(24)27-12-16-20-11-15(26-16)13-3-5-14(19)6-4-13/h3-6,11H,2,7-10,12H2,1H3. The topological polar surface area (TPSA) is 69.2 Å². The SMILES string of the molecule is CCn1c(SCc2ncc(-c3ccc(Cl)cc3)o2)nnc1N1CCOCC1. The molecule has 9 heteroatoms. The van der Waals surface area contributed by atoms with Gasteiger partial charge in [0.05, 0.1) is 25.2 Å². The molecule has 27 heavy (non-hydrogen) atoms. The maximum absolute atomic E-state index is 5.93. The Balaban J connectivity index is 1.44. The van der Waals surface area contributed by atoms with Gasteiger partial charge in [0.2, 0.25) is 11.8 Å². The third-order valence-corrected chi connectivity index (χ3v) is 5.52. The van der Waals surface area contributed by atoms with E-state index in [1.807, 2.05) is 24.3 Å². The number of hydrogen-bond acceptors (Lipinski definition) is 7. The molecule has 0 unspecified atom stereocenters. The number of anilines is 1. The molecular weight excluding hydrogens is 386 g/mol. The minimum atomic E-state index is 0.592. The molecule has 0 bridgehead atoms. The van der Waals surface area contributed by atoms with E-state index in [1.165, 1.54) is 0 Å². The molecule has 1 aliphatic heterocycles. The van der Waals surface area contributed by atoms with Gasteiger partial charge in [-0.1, -0.05) is 23.4 Å². The molecule has 1 aliphatic rings. The predicted molar refractivity (Wildman–Crippen MR) is 105 cm³/mol. The molecule has 1 saturated heterocycles. The summed E-state index contributed by atoms with van der Waals surface area (Å²) in [6.07, 6.45) is 1.74. The summed E-state index contributed by atoms with van der Waals surface area (Å²) < 4.78 is 13.4. The van der Waals surface area contributed by atoms with Crippen LogP contribution in [0.4, 0.5) is 5.95 Å². The molecule has 7 nitrogen and oxygen atoms in total. The molecule has 142 valence electrons. The van der Waals surface area contributed by atoms with Crippen LogP contribution >= 0.6 is 23.4 Å². The number of oxazole rings is 1. The highest BCUT2D eigenvalue weighted by atomic mass is 35.5. The number of ether oxygens (including phenoxy) is 1. The molecular formula is C18H20ClN5O2S. The highest BCUT2D eigenvalue weighted by Crippen LogP contribution is 2.28. The molecule has 1 aromatic carbocycles. The van der Waals surface area contributed by atoms with Crippen LogP contribution < -0.4 is 4.90 Å². The lowest BCUT2D eigenvalue weighted by atomic mass is 10.2. The summed E-state index contributed by atoms with van der Waals surface area (Å²) >= 11 is 7.51. The van der Waals surface area contributed by atoms with Crippen molar-refractivity contribution in [2.75, 3.05) is 31.2 Å². The summed E-state index contributed by atoms with van der Waals surface area (Å²) in [7, 11) is 0. The van der Waals surface area contributed by atoms with Crippen molar-refractivity contribution in [3.8, 4) is 11.3 Å². The molecule has 3 aromatic rings. The van der Waals surface area contributed by atoms with Gasteiger partial charge in [0.15, 0.2) is 10.9 Å². The van der Waals surface area contributed by atoms with Crippen molar-refractivity contribution >= 4 is 29.3 Å². The Morgan fingerprint density at radius 1 is 1.15 bits per heavy atom. The number of halogens is 1. The first-order valence-electron chi connectivity index (χ1n) is 8.84. The van der Waals surface area contributed by atoms with Crippen LogP contribution in [0.5, 0.6) is 0 Å². The normalized spacial score (nSPS) is 14.7. The van der Waals surface area contributed by atoms with Gasteiger partial charge in [-0.2, -0.15) is 0 Å². The number of benzene rings is 1. The van der Waals surface area contributed by atoms with E-state index in [9.17, 15) is 0 Å². The minimum absolute atomic E-state index is 0.592. The second kappa shape index (κ2) is 8.33. The lowest BCUT2D eigenvalue weighted by Gasteiger charge is -2.27. The Morgan fingerprint density at radius 2 is 1.93 bits per heavy atom. The molecule has 2 aromatic heterocycles. The van der Waals surface area contributed by atoms with Crippen LogP contribution in [0.3, 0.4) is 0 Å². The van der Waals surface area contributed by atoms with E-state index < -0.39 is 0 Å². The summed E-state index contributed by atoms with van der Waals surface area (Å²) in [5, 5.41) is 10.3. The molecule has 1 fully saturated rings. The zero-order valence-corrected chi connectivity index (χ0v) is 16.5. The van der Waals surface area contributed by atoms with E-state index in [0.29, 0.717) is 16.7 Å². The first kappa shape index (κ1) is 18.3. The number of hydrogen-bond donors (Lipinski definition) is 0. The Bertz CT molecular complexity index is 890. The Morgan fingerprint density at radius 3 is 2.67 bits per heavy atom. The fourth-order valence-electron chi connectivity index (χ4n) is 2.91. The van der Waals surface area contributed by atoms with E-state index >= 15 is 0 Å². The van der Waals surface area contributed by atoms with E-state index in [-0.39, 0.29) is 0 Å². The number of aromatic nitrogens is 4. The molecule has 0 saturated carbocycles. The molecule has 0 spiro atoms. The van der Waals surface area contributed by atoms with Gasteiger partial charge in [0, 0.05) is 30.2 Å². The van der Waals surface area contributed by atoms with Crippen molar-refractivity contribution in [2.24, 2.45) is 0 Å². The molecule has 3 heterocycles. The van der Waals surface area contributed by atoms with Crippen LogP contribution in [0.25, 0.3) is 11.3 Å². The van der Waals surface area contributed by atoms with Crippen molar-refractivity contribution in [3.05, 3.63) is 41.4 Å². The van der Waals surface area contributed by atoms with Gasteiger partial charge in [-0.05, 0) is 31.2 Å². The molecule has 0 atom stereocenters. The van der Waals surface area contributed by atoms with Crippen molar-refractivity contribution in [1.82, 2.24) is 19.7 Å². The second-order valence-corrected chi connectivity index (χ2v) is 7.42. The van der Waals surface area contributed by atoms with Crippen LogP contribution in [0.15, 0.2) is 40.0 Å². The Hall–Kier alpha value is -2.03. The van der Waals surface area contributed by atoms with Gasteiger partial charge in [0.25, 0.3) is 0 Å². The minimum Gasteiger partial charge on any atom is -0.440 e. The van der Waals surface area contributed by atoms with Gasteiger partial charge in [-0.3, -0.25) is 4.57 Å². The molecule has 0 radical (unpaired) electrons. The largest absolute Gasteiger partial charge is 0.440 e. The maximum Gasteiger partial charge on any atom is 0.228 e. The predicted octanol–water partition coefficient (Wildman–Crippen LogP) is 3.74. The maximum atomic E-state index is 5.93. The fourth-order valence-corrected chi connectivity index (χ4v) is 3.89.